The van der Waals surface area contributed by atoms with Crippen molar-refractivity contribution in [2.24, 2.45) is 0 Å². The summed E-state index contributed by atoms with van der Waals surface area (Å²) < 4.78 is 0. The van der Waals surface area contributed by atoms with Gasteiger partial charge in [0.1, 0.15) is 5.82 Å². The van der Waals surface area contributed by atoms with Crippen LogP contribution in [0.4, 0.5) is 5.82 Å². The summed E-state index contributed by atoms with van der Waals surface area (Å²) in [6, 6.07) is 0. The second-order valence-corrected chi connectivity index (χ2v) is 3.74. The molecule has 16 heavy (non-hydrogen) atoms. The molecule has 0 saturated carbocycles. The molecule has 1 rings (SSSR count). The summed E-state index contributed by atoms with van der Waals surface area (Å²) in [4.78, 5) is 18.2. The zero-order valence-corrected chi connectivity index (χ0v) is 10.1. The van der Waals surface area contributed by atoms with Crippen LogP contribution in [-0.4, -0.2) is 29.5 Å². The van der Waals surface area contributed by atoms with Gasteiger partial charge in [-0.3, -0.25) is 4.79 Å². The molecule has 6 heteroatoms. The van der Waals surface area contributed by atoms with Crippen LogP contribution in [-0.2, 0) is 4.79 Å². The van der Waals surface area contributed by atoms with Crippen LogP contribution in [0.15, 0.2) is 0 Å². The zero-order chi connectivity index (χ0) is 12.0. The summed E-state index contributed by atoms with van der Waals surface area (Å²) in [5, 5.41) is 6.00. The summed E-state index contributed by atoms with van der Waals surface area (Å²) in [7, 11) is 0. The third-order valence-corrected chi connectivity index (χ3v) is 2.40. The molecule has 0 atom stereocenters. The number of nitrogens with one attached hydrogen (secondary N) is 2. The number of nitrogens with zero attached hydrogens (tertiary/aromatic N) is 2. The van der Waals surface area contributed by atoms with Gasteiger partial charge in [0.15, 0.2) is 0 Å². The Morgan fingerprint density at radius 1 is 1.31 bits per heavy atom. The number of aromatic nitrogens is 2. The number of halogens is 1. The monoisotopic (exact) mass is 242 g/mol. The number of hydrogen-bond acceptors (Lipinski definition) is 4. The van der Waals surface area contributed by atoms with Crippen LogP contribution < -0.4 is 10.6 Å². The molecule has 2 N–H and O–H groups in total. The lowest BCUT2D eigenvalue weighted by molar-refractivity contribution is -0.109. The van der Waals surface area contributed by atoms with Gasteiger partial charge in [-0.1, -0.05) is 0 Å². The lowest BCUT2D eigenvalue weighted by Gasteiger charge is -2.10. The van der Waals surface area contributed by atoms with Gasteiger partial charge >= 0.3 is 0 Å². The second kappa shape index (κ2) is 6.27. The first-order chi connectivity index (χ1) is 7.65. The van der Waals surface area contributed by atoms with E-state index < -0.39 is 0 Å². The molecule has 0 fully saturated rings. The average molecular weight is 243 g/mol. The van der Waals surface area contributed by atoms with Crippen molar-refractivity contribution >= 4 is 23.8 Å². The lowest BCUT2D eigenvalue weighted by Crippen LogP contribution is -2.16. The van der Waals surface area contributed by atoms with Crippen LogP contribution in [0.2, 0.25) is 5.28 Å². The van der Waals surface area contributed by atoms with Gasteiger partial charge < -0.3 is 10.6 Å². The van der Waals surface area contributed by atoms with E-state index in [4.69, 9.17) is 11.6 Å². The highest BCUT2D eigenvalue weighted by Gasteiger charge is 2.05. The van der Waals surface area contributed by atoms with Gasteiger partial charge in [0.25, 0.3) is 0 Å². The van der Waals surface area contributed by atoms with Gasteiger partial charge in [-0.15, -0.1) is 0 Å². The van der Waals surface area contributed by atoms with Gasteiger partial charge in [-0.05, 0) is 31.9 Å². The number of hydrogen-bond donors (Lipinski definition) is 2. The maximum Gasteiger partial charge on any atom is 0.224 e. The Hall–Kier alpha value is -1.36. The van der Waals surface area contributed by atoms with Crippen molar-refractivity contribution < 1.29 is 4.79 Å². The van der Waals surface area contributed by atoms with Gasteiger partial charge in [0.2, 0.25) is 11.7 Å². The molecule has 88 valence electrons. The molecular weight excluding hydrogens is 228 g/mol. The third kappa shape index (κ3) is 3.66. The van der Waals surface area contributed by atoms with Gasteiger partial charge in [-0.25, -0.2) is 9.97 Å². The van der Waals surface area contributed by atoms with E-state index in [-0.39, 0.29) is 5.28 Å². The van der Waals surface area contributed by atoms with Crippen LogP contribution in [0.5, 0.6) is 0 Å². The SMILES string of the molecule is Cc1nc(Cl)nc(NCCCNC=O)c1C. The predicted molar refractivity (Wildman–Crippen MR) is 63.7 cm³/mol. The van der Waals surface area contributed by atoms with Crippen LogP contribution in [0, 0.1) is 13.8 Å². The molecule has 1 aromatic rings. The number of rotatable bonds is 6. The average Bonchev–Trinajstić information content (AvgIpc) is 2.24. The highest BCUT2D eigenvalue weighted by atomic mass is 35.5. The zero-order valence-electron chi connectivity index (χ0n) is 9.38. The molecule has 1 aromatic heterocycles. The molecule has 0 aliphatic rings. The molecule has 0 unspecified atom stereocenters. The Morgan fingerprint density at radius 2 is 2.06 bits per heavy atom. The molecule has 0 aromatic carbocycles. The number of carbonyl (C=O) groups is 1. The number of amides is 1. The van der Waals surface area contributed by atoms with E-state index >= 15 is 0 Å². The molecule has 5 nitrogen and oxygen atoms in total. The summed E-state index contributed by atoms with van der Waals surface area (Å²) in [6.45, 7) is 5.21. The van der Waals surface area contributed by atoms with Crippen molar-refractivity contribution in [3.8, 4) is 0 Å². The van der Waals surface area contributed by atoms with E-state index in [2.05, 4.69) is 20.6 Å². The second-order valence-electron chi connectivity index (χ2n) is 3.40. The fraction of sp³-hybridized carbons (Fsp3) is 0.500. The first kappa shape index (κ1) is 12.7. The Bertz CT molecular complexity index is 370. The summed E-state index contributed by atoms with van der Waals surface area (Å²) >= 11 is 5.76. The summed E-state index contributed by atoms with van der Waals surface area (Å²) in [6.07, 6.45) is 1.52. The lowest BCUT2D eigenvalue weighted by atomic mass is 10.2. The first-order valence-electron chi connectivity index (χ1n) is 5.06. The van der Waals surface area contributed by atoms with E-state index in [9.17, 15) is 4.79 Å². The van der Waals surface area contributed by atoms with Crippen molar-refractivity contribution in [2.75, 3.05) is 18.4 Å². The largest absolute Gasteiger partial charge is 0.370 e. The van der Waals surface area contributed by atoms with E-state index in [1.165, 1.54) is 0 Å². The molecule has 0 radical (unpaired) electrons. The summed E-state index contributed by atoms with van der Waals surface area (Å²) in [5.74, 6) is 0.753. The first-order valence-corrected chi connectivity index (χ1v) is 5.44. The standard InChI is InChI=1S/C10H15ClN4O/c1-7-8(2)14-10(11)15-9(7)13-5-3-4-12-6-16/h6H,3-5H2,1-2H3,(H,12,16)(H,13,14,15). The highest BCUT2D eigenvalue weighted by molar-refractivity contribution is 6.28. The summed E-state index contributed by atoms with van der Waals surface area (Å²) in [5.41, 5.74) is 1.86. The Balaban J connectivity index is 2.50. The van der Waals surface area contributed by atoms with E-state index in [0.29, 0.717) is 13.0 Å². The third-order valence-electron chi connectivity index (χ3n) is 2.24. The quantitative estimate of drug-likeness (QED) is 0.448. The van der Waals surface area contributed by atoms with Crippen molar-refractivity contribution in [1.82, 2.24) is 15.3 Å². The minimum absolute atomic E-state index is 0.247. The Morgan fingerprint density at radius 3 is 2.75 bits per heavy atom. The molecule has 1 heterocycles. The van der Waals surface area contributed by atoms with E-state index in [1.807, 2.05) is 13.8 Å². The number of carbonyl (C=O) groups excluding carboxylic acids is 1. The normalized spacial score (nSPS) is 9.94. The molecule has 0 bridgehead atoms. The van der Waals surface area contributed by atoms with Gasteiger partial charge in [-0.2, -0.15) is 0 Å². The molecule has 0 saturated heterocycles. The maximum atomic E-state index is 10.0. The van der Waals surface area contributed by atoms with Crippen molar-refractivity contribution in [3.05, 3.63) is 16.5 Å². The van der Waals surface area contributed by atoms with Gasteiger partial charge in [0.05, 0.1) is 0 Å². The minimum atomic E-state index is 0.247. The molecule has 0 spiro atoms. The molecular formula is C10H15ClN4O. The van der Waals surface area contributed by atoms with Crippen LogP contribution in [0.1, 0.15) is 17.7 Å². The fourth-order valence-corrected chi connectivity index (χ4v) is 1.43. The molecule has 1 amide bonds. The molecule has 0 aliphatic heterocycles. The van der Waals surface area contributed by atoms with Gasteiger partial charge in [0, 0.05) is 24.3 Å². The maximum absolute atomic E-state index is 10.0. The molecule has 0 aliphatic carbocycles. The van der Waals surface area contributed by atoms with Crippen LogP contribution in [0.25, 0.3) is 0 Å². The highest BCUT2D eigenvalue weighted by Crippen LogP contribution is 2.16. The Kier molecular flexibility index (Phi) is 4.98. The van der Waals surface area contributed by atoms with Crippen LogP contribution >= 0.6 is 11.6 Å². The van der Waals surface area contributed by atoms with E-state index in [0.717, 1.165) is 30.0 Å². The van der Waals surface area contributed by atoms with Crippen molar-refractivity contribution in [1.29, 1.82) is 0 Å². The number of anilines is 1. The fourth-order valence-electron chi connectivity index (χ4n) is 1.22. The van der Waals surface area contributed by atoms with E-state index in [1.54, 1.807) is 0 Å². The van der Waals surface area contributed by atoms with Crippen molar-refractivity contribution in [3.63, 3.8) is 0 Å². The van der Waals surface area contributed by atoms with Crippen LogP contribution in [0.3, 0.4) is 0 Å². The number of aryl methyl sites for hydroxylation is 1. The predicted octanol–water partition coefficient (Wildman–Crippen LogP) is 1.29. The Labute approximate surface area is 99.6 Å². The topological polar surface area (TPSA) is 66.9 Å². The van der Waals surface area contributed by atoms with Crippen molar-refractivity contribution in [2.45, 2.75) is 20.3 Å². The smallest absolute Gasteiger partial charge is 0.224 e. The minimum Gasteiger partial charge on any atom is -0.370 e.